The maximum absolute atomic E-state index is 13.7. The van der Waals surface area contributed by atoms with Crippen LogP contribution in [0.2, 0.25) is 0 Å². The van der Waals surface area contributed by atoms with E-state index in [2.05, 4.69) is 28.2 Å². The first-order chi connectivity index (χ1) is 29.6. The van der Waals surface area contributed by atoms with E-state index in [1.807, 2.05) is 0 Å². The topological polar surface area (TPSA) is 255 Å². The van der Waals surface area contributed by atoms with Crippen molar-refractivity contribution in [3.63, 3.8) is 0 Å². The number of carbonyl (C=O) groups is 7. The molecule has 4 unspecified atom stereocenters. The molecule has 8 N–H and O–H groups in total. The van der Waals surface area contributed by atoms with Crippen molar-refractivity contribution < 1.29 is 54.0 Å². The third-order valence-corrected chi connectivity index (χ3v) is 11.2. The van der Waals surface area contributed by atoms with E-state index in [1.165, 1.54) is 115 Å². The molecule has 6 amide bonds. The SMILES string of the molecule is CCCCCCCCCCCCCCCC(=O)N(C)C(CO)C(=O)NC(C)C(=O)NCC(=O)N(C)C1C(=O)NCC(=O)NC(C(=O)O)Cc2ccc(O)c(c2)-c2cc1ccc2O. The molecule has 342 valence electrons. The third-order valence-electron chi connectivity index (χ3n) is 11.2. The molecule has 4 atom stereocenters. The van der Waals surface area contributed by atoms with Crippen molar-refractivity contribution in [2.45, 2.75) is 134 Å². The van der Waals surface area contributed by atoms with E-state index in [9.17, 15) is 54.0 Å². The largest absolute Gasteiger partial charge is 0.507 e. The normalized spacial score (nSPS) is 16.1. The minimum atomic E-state index is -1.45. The number of fused-ring (bicyclic) bond motifs is 5. The molecule has 0 saturated carbocycles. The summed E-state index contributed by atoms with van der Waals surface area (Å²) in [5.74, 6) is -6.22. The molecule has 4 bridgehead atoms. The first kappa shape index (κ1) is 50.6. The van der Waals surface area contributed by atoms with Gasteiger partial charge in [0.15, 0.2) is 0 Å². The smallest absolute Gasteiger partial charge is 0.326 e. The lowest BCUT2D eigenvalue weighted by atomic mass is 9.94. The lowest BCUT2D eigenvalue weighted by molar-refractivity contribution is -0.142. The Hall–Kier alpha value is -5.71. The molecule has 2 aromatic carbocycles. The standard InChI is InChI=1S/C45H66N6O11/c1-5-6-7-8-9-10-11-12-13-14-15-16-17-18-39(56)50(3)35(28-52)43(59)48-29(2)42(58)47-27-40(57)51(4)41-31-20-22-37(54)33(25-31)32-23-30(19-21-36(32)53)24-34(45(61)62)49-38(55)26-46-44(41)60/h19-23,25,29,34-35,41,52-54H,5-18,24,26-28H2,1-4H3,(H,46,60)(H,47,58)(H,48,59)(H,49,55)(H,61,62). The summed E-state index contributed by atoms with van der Waals surface area (Å²) < 4.78 is 0. The molecule has 1 aliphatic rings. The number of rotatable bonds is 23. The lowest BCUT2D eigenvalue weighted by Crippen LogP contribution is -2.55. The van der Waals surface area contributed by atoms with Gasteiger partial charge in [0, 0.05) is 38.1 Å². The van der Waals surface area contributed by atoms with Gasteiger partial charge in [-0.2, -0.15) is 0 Å². The van der Waals surface area contributed by atoms with Crippen LogP contribution in [-0.2, 0) is 40.0 Å². The Balaban J connectivity index is 1.57. The van der Waals surface area contributed by atoms with Gasteiger partial charge in [-0.15, -0.1) is 0 Å². The van der Waals surface area contributed by atoms with E-state index in [0.29, 0.717) is 12.0 Å². The second-order valence-electron chi connectivity index (χ2n) is 16.1. The van der Waals surface area contributed by atoms with Crippen LogP contribution in [-0.4, -0.2) is 124 Å². The van der Waals surface area contributed by atoms with E-state index in [0.717, 1.165) is 29.1 Å². The zero-order valence-corrected chi connectivity index (χ0v) is 36.5. The second-order valence-corrected chi connectivity index (χ2v) is 16.1. The van der Waals surface area contributed by atoms with Crippen LogP contribution in [0, 0.1) is 0 Å². The Morgan fingerprint density at radius 2 is 1.35 bits per heavy atom. The summed E-state index contributed by atoms with van der Waals surface area (Å²) in [4.78, 5) is 93.2. The van der Waals surface area contributed by atoms with Crippen molar-refractivity contribution in [3.8, 4) is 22.6 Å². The van der Waals surface area contributed by atoms with Gasteiger partial charge < -0.3 is 51.5 Å². The van der Waals surface area contributed by atoms with Crippen LogP contribution in [0.3, 0.4) is 0 Å². The van der Waals surface area contributed by atoms with Gasteiger partial charge in [0.2, 0.25) is 35.4 Å². The average molecular weight is 867 g/mol. The molecular weight excluding hydrogens is 801 g/mol. The van der Waals surface area contributed by atoms with Crippen LogP contribution < -0.4 is 21.3 Å². The number of phenolic OH excluding ortho intramolecular Hbond substituents is 2. The minimum absolute atomic E-state index is 0.0689. The summed E-state index contributed by atoms with van der Waals surface area (Å²) in [5.41, 5.74) is 0.736. The van der Waals surface area contributed by atoms with Crippen LogP contribution in [0.25, 0.3) is 11.1 Å². The van der Waals surface area contributed by atoms with E-state index >= 15 is 0 Å². The number of likely N-dealkylation sites (N-methyl/N-ethyl adjacent to an activating group) is 2. The van der Waals surface area contributed by atoms with Crippen LogP contribution in [0.15, 0.2) is 36.4 Å². The maximum atomic E-state index is 13.7. The number of aliphatic carboxylic acids is 1. The molecule has 0 fully saturated rings. The number of hydrogen-bond donors (Lipinski definition) is 8. The molecule has 0 saturated heterocycles. The zero-order chi connectivity index (χ0) is 45.8. The van der Waals surface area contributed by atoms with Gasteiger partial charge in [-0.05, 0) is 48.7 Å². The number of carboxylic acids is 1. The number of benzene rings is 2. The molecular formula is C45H66N6O11. The van der Waals surface area contributed by atoms with Crippen LogP contribution in [0.5, 0.6) is 11.5 Å². The van der Waals surface area contributed by atoms with Crippen molar-refractivity contribution >= 4 is 41.4 Å². The highest BCUT2D eigenvalue weighted by atomic mass is 16.4. The van der Waals surface area contributed by atoms with Gasteiger partial charge >= 0.3 is 5.97 Å². The van der Waals surface area contributed by atoms with Crippen molar-refractivity contribution in [1.82, 2.24) is 31.1 Å². The molecule has 0 radical (unpaired) electrons. The Kier molecular flexibility index (Phi) is 21.2. The monoisotopic (exact) mass is 866 g/mol. The van der Waals surface area contributed by atoms with Gasteiger partial charge in [0.05, 0.1) is 19.7 Å². The number of aliphatic hydroxyl groups excluding tert-OH is 1. The fraction of sp³-hybridized carbons (Fsp3) is 0.578. The predicted molar refractivity (Wildman–Crippen MR) is 232 cm³/mol. The molecule has 0 aromatic heterocycles. The van der Waals surface area contributed by atoms with Gasteiger partial charge in [0.1, 0.15) is 35.7 Å². The fourth-order valence-electron chi connectivity index (χ4n) is 7.35. The van der Waals surface area contributed by atoms with E-state index in [4.69, 9.17) is 0 Å². The number of hydrogen-bond acceptors (Lipinski definition) is 10. The van der Waals surface area contributed by atoms with Crippen LogP contribution in [0.4, 0.5) is 0 Å². The Bertz CT molecular complexity index is 1860. The Morgan fingerprint density at radius 3 is 1.94 bits per heavy atom. The minimum Gasteiger partial charge on any atom is -0.507 e. The van der Waals surface area contributed by atoms with Gasteiger partial charge in [-0.1, -0.05) is 96.1 Å². The molecule has 1 aliphatic heterocycles. The number of unbranched alkanes of at least 4 members (excludes halogenated alkanes) is 12. The quantitative estimate of drug-likeness (QED) is 0.0752. The number of amides is 6. The molecule has 2 aromatic rings. The Morgan fingerprint density at radius 1 is 0.790 bits per heavy atom. The Labute approximate surface area is 364 Å². The number of carboxylic acid groups (broad SMARTS) is 1. The fourth-order valence-corrected chi connectivity index (χ4v) is 7.35. The van der Waals surface area contributed by atoms with Gasteiger partial charge in [-0.25, -0.2) is 4.79 Å². The number of nitrogens with zero attached hydrogens (tertiary/aromatic N) is 2. The average Bonchev–Trinajstić information content (AvgIpc) is 3.24. The first-order valence-electron chi connectivity index (χ1n) is 21.7. The molecule has 17 heteroatoms. The van der Waals surface area contributed by atoms with Crippen molar-refractivity contribution in [2.75, 3.05) is 33.8 Å². The van der Waals surface area contributed by atoms with Crippen LogP contribution >= 0.6 is 0 Å². The first-order valence-corrected chi connectivity index (χ1v) is 21.7. The molecule has 0 aliphatic carbocycles. The highest BCUT2D eigenvalue weighted by molar-refractivity contribution is 5.95. The summed E-state index contributed by atoms with van der Waals surface area (Å²) in [7, 11) is 2.69. The van der Waals surface area contributed by atoms with Crippen molar-refractivity contribution in [1.29, 1.82) is 0 Å². The summed E-state index contributed by atoms with van der Waals surface area (Å²) in [6, 6.07) is 2.91. The van der Waals surface area contributed by atoms with Gasteiger partial charge in [0.25, 0.3) is 0 Å². The number of aromatic hydroxyl groups is 2. The van der Waals surface area contributed by atoms with Crippen molar-refractivity contribution in [3.05, 3.63) is 47.5 Å². The molecule has 1 heterocycles. The molecule has 3 rings (SSSR count). The summed E-state index contributed by atoms with van der Waals surface area (Å²) in [6.07, 6.45) is 15.2. The van der Waals surface area contributed by atoms with E-state index in [-0.39, 0.29) is 46.9 Å². The lowest BCUT2D eigenvalue weighted by Gasteiger charge is -2.29. The molecule has 17 nitrogen and oxygen atoms in total. The number of aliphatic hydroxyl groups is 1. The zero-order valence-electron chi connectivity index (χ0n) is 36.5. The van der Waals surface area contributed by atoms with E-state index < -0.39 is 79.4 Å². The number of nitrogens with one attached hydrogen (secondary N) is 4. The van der Waals surface area contributed by atoms with E-state index in [1.54, 1.807) is 0 Å². The summed E-state index contributed by atoms with van der Waals surface area (Å²) in [6.45, 7) is 1.61. The predicted octanol–water partition coefficient (Wildman–Crippen LogP) is 3.43. The maximum Gasteiger partial charge on any atom is 0.326 e. The van der Waals surface area contributed by atoms with Crippen LogP contribution in [0.1, 0.15) is 121 Å². The second kappa shape index (κ2) is 25.9. The van der Waals surface area contributed by atoms with Gasteiger partial charge in [-0.3, -0.25) is 28.8 Å². The molecule has 0 spiro atoms. The third kappa shape index (κ3) is 15.6. The number of phenols is 2. The van der Waals surface area contributed by atoms with Crippen molar-refractivity contribution in [2.24, 2.45) is 0 Å². The molecule has 62 heavy (non-hydrogen) atoms. The summed E-state index contributed by atoms with van der Waals surface area (Å²) in [5, 5.41) is 50.9. The highest BCUT2D eigenvalue weighted by Crippen LogP contribution is 2.38. The number of carbonyl (C=O) groups excluding carboxylic acids is 6. The summed E-state index contributed by atoms with van der Waals surface area (Å²) >= 11 is 0. The highest BCUT2D eigenvalue weighted by Gasteiger charge is 2.32.